The molecule has 0 radical (unpaired) electrons. The number of benzene rings is 2. The molecule has 0 aliphatic heterocycles. The molecular weight excluding hydrogens is 383 g/mol. The highest BCUT2D eigenvalue weighted by molar-refractivity contribution is 7.92. The molecule has 0 saturated carbocycles. The van der Waals surface area contributed by atoms with Crippen LogP contribution in [0.2, 0.25) is 5.02 Å². The maximum atomic E-state index is 13.3. The van der Waals surface area contributed by atoms with E-state index in [1.54, 1.807) is 24.3 Å². The van der Waals surface area contributed by atoms with Crippen molar-refractivity contribution in [2.75, 3.05) is 24.2 Å². The minimum Gasteiger partial charge on any atom is -0.496 e. The molecular formula is C17H18ClFN2O4S. The summed E-state index contributed by atoms with van der Waals surface area (Å²) in [6.07, 6.45) is 0.956. The van der Waals surface area contributed by atoms with E-state index in [1.165, 1.54) is 13.2 Å². The number of carbonyl (C=O) groups is 1. The van der Waals surface area contributed by atoms with Crippen molar-refractivity contribution in [1.29, 1.82) is 0 Å². The number of halogens is 2. The molecule has 0 saturated heterocycles. The Balaban J connectivity index is 2.13. The van der Waals surface area contributed by atoms with Gasteiger partial charge in [-0.3, -0.25) is 9.10 Å². The fraction of sp³-hybridized carbons (Fsp3) is 0.235. The quantitative estimate of drug-likeness (QED) is 0.775. The molecule has 1 amide bonds. The minimum absolute atomic E-state index is 0.103. The van der Waals surface area contributed by atoms with Crippen LogP contribution in [0.15, 0.2) is 42.5 Å². The van der Waals surface area contributed by atoms with Crippen LogP contribution < -0.4 is 14.4 Å². The first-order chi connectivity index (χ1) is 12.2. The van der Waals surface area contributed by atoms with Crippen LogP contribution in [0.3, 0.4) is 0 Å². The van der Waals surface area contributed by atoms with Gasteiger partial charge in [-0.15, -0.1) is 0 Å². The van der Waals surface area contributed by atoms with E-state index in [0.29, 0.717) is 5.75 Å². The predicted octanol–water partition coefficient (Wildman–Crippen LogP) is 2.57. The Morgan fingerprint density at radius 2 is 1.96 bits per heavy atom. The van der Waals surface area contributed by atoms with Gasteiger partial charge < -0.3 is 10.1 Å². The number of nitrogens with one attached hydrogen (secondary N) is 1. The number of amides is 1. The van der Waals surface area contributed by atoms with Crippen molar-refractivity contribution in [3.8, 4) is 5.75 Å². The highest BCUT2D eigenvalue weighted by Gasteiger charge is 2.21. The van der Waals surface area contributed by atoms with Crippen LogP contribution in [-0.2, 0) is 21.4 Å². The first-order valence-electron chi connectivity index (χ1n) is 7.53. The fourth-order valence-corrected chi connectivity index (χ4v) is 3.29. The highest BCUT2D eigenvalue weighted by Crippen LogP contribution is 2.24. The van der Waals surface area contributed by atoms with Crippen molar-refractivity contribution >= 4 is 33.2 Å². The molecule has 0 atom stereocenters. The zero-order valence-corrected chi connectivity index (χ0v) is 15.8. The third-order valence-electron chi connectivity index (χ3n) is 3.55. The van der Waals surface area contributed by atoms with Gasteiger partial charge in [0, 0.05) is 12.1 Å². The van der Waals surface area contributed by atoms with Crippen molar-refractivity contribution in [2.45, 2.75) is 6.54 Å². The number of hydrogen-bond donors (Lipinski definition) is 1. The van der Waals surface area contributed by atoms with E-state index in [0.717, 1.165) is 28.3 Å². The Bertz CT molecular complexity index is 905. The van der Waals surface area contributed by atoms with Gasteiger partial charge in [0.1, 0.15) is 18.1 Å². The molecule has 0 spiro atoms. The van der Waals surface area contributed by atoms with Crippen LogP contribution in [-0.4, -0.2) is 34.2 Å². The minimum atomic E-state index is -3.77. The summed E-state index contributed by atoms with van der Waals surface area (Å²) in [7, 11) is -2.25. The normalized spacial score (nSPS) is 11.1. The smallest absolute Gasteiger partial charge is 0.241 e. The Morgan fingerprint density at radius 3 is 2.58 bits per heavy atom. The molecule has 0 aliphatic rings. The van der Waals surface area contributed by atoms with Crippen molar-refractivity contribution in [2.24, 2.45) is 0 Å². The van der Waals surface area contributed by atoms with Crippen molar-refractivity contribution in [3.05, 3.63) is 58.9 Å². The van der Waals surface area contributed by atoms with E-state index in [2.05, 4.69) is 5.32 Å². The van der Waals surface area contributed by atoms with E-state index in [-0.39, 0.29) is 17.3 Å². The molecule has 0 aliphatic carbocycles. The molecule has 140 valence electrons. The monoisotopic (exact) mass is 400 g/mol. The van der Waals surface area contributed by atoms with Crippen LogP contribution in [0.1, 0.15) is 5.56 Å². The second-order valence-corrected chi connectivity index (χ2v) is 7.77. The molecule has 2 rings (SSSR count). The average Bonchev–Trinajstić information content (AvgIpc) is 2.59. The number of methoxy groups -OCH3 is 1. The van der Waals surface area contributed by atoms with Gasteiger partial charge in [-0.1, -0.05) is 29.8 Å². The van der Waals surface area contributed by atoms with Gasteiger partial charge in [-0.25, -0.2) is 12.8 Å². The zero-order chi connectivity index (χ0) is 19.3. The molecule has 0 heterocycles. The Morgan fingerprint density at radius 1 is 1.27 bits per heavy atom. The maximum absolute atomic E-state index is 13.3. The lowest BCUT2D eigenvalue weighted by Crippen LogP contribution is -2.40. The van der Waals surface area contributed by atoms with Crippen molar-refractivity contribution in [1.82, 2.24) is 5.32 Å². The molecule has 0 unspecified atom stereocenters. The second kappa shape index (κ2) is 8.37. The molecule has 1 N–H and O–H groups in total. The van der Waals surface area contributed by atoms with Crippen LogP contribution >= 0.6 is 11.6 Å². The summed E-state index contributed by atoms with van der Waals surface area (Å²) in [6, 6.07) is 10.6. The first-order valence-corrected chi connectivity index (χ1v) is 9.76. The number of rotatable bonds is 7. The third-order valence-corrected chi connectivity index (χ3v) is 4.98. The van der Waals surface area contributed by atoms with Gasteiger partial charge in [0.15, 0.2) is 0 Å². The first kappa shape index (κ1) is 20.0. The van der Waals surface area contributed by atoms with Crippen LogP contribution in [0.25, 0.3) is 0 Å². The molecule has 0 fully saturated rings. The van der Waals surface area contributed by atoms with Gasteiger partial charge in [0.2, 0.25) is 15.9 Å². The van der Waals surface area contributed by atoms with Crippen LogP contribution in [0, 0.1) is 5.82 Å². The number of carbonyl (C=O) groups excluding carboxylic acids is 1. The van der Waals surface area contributed by atoms with Gasteiger partial charge in [0.25, 0.3) is 0 Å². The third kappa shape index (κ3) is 5.09. The summed E-state index contributed by atoms with van der Waals surface area (Å²) in [5, 5.41) is 2.41. The average molecular weight is 401 g/mol. The van der Waals surface area contributed by atoms with E-state index in [9.17, 15) is 17.6 Å². The number of hydrogen-bond acceptors (Lipinski definition) is 4. The fourth-order valence-electron chi connectivity index (χ4n) is 2.27. The predicted molar refractivity (Wildman–Crippen MR) is 98.4 cm³/mol. The molecule has 0 aromatic heterocycles. The Kier molecular flexibility index (Phi) is 6.44. The second-order valence-electron chi connectivity index (χ2n) is 5.46. The van der Waals surface area contributed by atoms with E-state index < -0.39 is 28.3 Å². The lowest BCUT2D eigenvalue weighted by Gasteiger charge is -2.22. The number of nitrogens with zero attached hydrogens (tertiary/aromatic N) is 1. The van der Waals surface area contributed by atoms with Gasteiger partial charge in [-0.05, 0) is 24.3 Å². The van der Waals surface area contributed by atoms with Gasteiger partial charge in [0.05, 0.1) is 24.1 Å². The molecule has 2 aromatic carbocycles. The van der Waals surface area contributed by atoms with Crippen LogP contribution in [0.4, 0.5) is 10.1 Å². The maximum Gasteiger partial charge on any atom is 0.241 e. The van der Waals surface area contributed by atoms with E-state index >= 15 is 0 Å². The molecule has 9 heteroatoms. The Labute approximate surface area is 156 Å². The van der Waals surface area contributed by atoms with E-state index in [1.807, 2.05) is 0 Å². The van der Waals surface area contributed by atoms with Crippen LogP contribution in [0.5, 0.6) is 5.75 Å². The lowest BCUT2D eigenvalue weighted by molar-refractivity contribution is -0.119. The van der Waals surface area contributed by atoms with Crippen molar-refractivity contribution in [3.63, 3.8) is 0 Å². The topological polar surface area (TPSA) is 75.7 Å². The molecule has 2 aromatic rings. The molecule has 26 heavy (non-hydrogen) atoms. The summed E-state index contributed by atoms with van der Waals surface area (Å²) in [6.45, 7) is -0.291. The SMILES string of the molecule is COc1ccccc1CNC(=O)CN(c1ccc(F)c(Cl)c1)S(C)(=O)=O. The summed E-state index contributed by atoms with van der Waals surface area (Å²) >= 11 is 5.71. The lowest BCUT2D eigenvalue weighted by atomic mass is 10.2. The summed E-state index contributed by atoms with van der Waals surface area (Å²) in [5.74, 6) is -0.593. The van der Waals surface area contributed by atoms with Crippen molar-refractivity contribution < 1.29 is 22.3 Å². The Hall–Kier alpha value is -2.32. The largest absolute Gasteiger partial charge is 0.496 e. The standard InChI is InChI=1S/C17H18ClFN2O4S/c1-25-16-6-4-3-5-12(16)10-20-17(22)11-21(26(2,23)24)13-7-8-15(19)14(18)9-13/h3-9H,10-11H2,1-2H3,(H,20,22). The molecule has 0 bridgehead atoms. The number of sulfonamides is 1. The zero-order valence-electron chi connectivity index (χ0n) is 14.2. The summed E-state index contributed by atoms with van der Waals surface area (Å²) < 4.78 is 43.4. The van der Waals surface area contributed by atoms with Gasteiger partial charge >= 0.3 is 0 Å². The summed E-state index contributed by atoms with van der Waals surface area (Å²) in [5.41, 5.74) is 0.852. The summed E-state index contributed by atoms with van der Waals surface area (Å²) in [4.78, 5) is 12.2. The van der Waals surface area contributed by atoms with E-state index in [4.69, 9.17) is 16.3 Å². The number of ether oxygens (including phenoxy) is 1. The number of para-hydroxylation sites is 1. The van der Waals surface area contributed by atoms with Gasteiger partial charge in [-0.2, -0.15) is 0 Å². The molecule has 6 nitrogen and oxygen atoms in total. The number of anilines is 1. The highest BCUT2D eigenvalue weighted by atomic mass is 35.5.